The fourth-order valence-corrected chi connectivity index (χ4v) is 2.56. The summed E-state index contributed by atoms with van der Waals surface area (Å²) in [6.07, 6.45) is 2.72. The van der Waals surface area contributed by atoms with Crippen molar-refractivity contribution < 1.29 is 14.6 Å². The minimum absolute atomic E-state index is 0.0624. The van der Waals surface area contributed by atoms with Gasteiger partial charge in [-0.25, -0.2) is 0 Å². The number of carbonyl (C=O) groups excluding carboxylic acids is 1. The number of carbonyl (C=O) groups is 1. The first-order valence-corrected chi connectivity index (χ1v) is 7.37. The Morgan fingerprint density at radius 2 is 2.35 bits per heavy atom. The molecule has 0 bridgehead atoms. The molecule has 20 heavy (non-hydrogen) atoms. The van der Waals surface area contributed by atoms with Crippen LogP contribution >= 0.6 is 0 Å². The molecule has 1 aromatic rings. The number of ether oxygens (including phenoxy) is 1. The van der Waals surface area contributed by atoms with E-state index in [2.05, 4.69) is 6.92 Å². The number of likely N-dealkylation sites (tertiary alicyclic amines) is 1. The Labute approximate surface area is 120 Å². The van der Waals surface area contributed by atoms with E-state index >= 15 is 0 Å². The van der Waals surface area contributed by atoms with Crippen molar-refractivity contribution in [3.8, 4) is 5.75 Å². The molecule has 1 atom stereocenters. The molecule has 0 aromatic heterocycles. The lowest BCUT2D eigenvalue weighted by Gasteiger charge is -2.17. The Hall–Kier alpha value is -1.55. The number of amides is 1. The van der Waals surface area contributed by atoms with Crippen LogP contribution in [0, 0.1) is 5.92 Å². The van der Waals surface area contributed by atoms with Gasteiger partial charge in [0.2, 0.25) is 0 Å². The maximum Gasteiger partial charge on any atom is 0.253 e. The molecular formula is C16H23NO3. The molecule has 0 saturated carbocycles. The second-order valence-electron chi connectivity index (χ2n) is 5.29. The lowest BCUT2D eigenvalue weighted by molar-refractivity contribution is 0.0784. The third kappa shape index (κ3) is 3.73. The molecule has 4 heteroatoms. The second kappa shape index (κ2) is 7.29. The van der Waals surface area contributed by atoms with Gasteiger partial charge in [-0.05, 0) is 43.4 Å². The smallest absolute Gasteiger partial charge is 0.253 e. The lowest BCUT2D eigenvalue weighted by Crippen LogP contribution is -2.28. The molecular weight excluding hydrogens is 254 g/mol. The Morgan fingerprint density at radius 3 is 3.10 bits per heavy atom. The van der Waals surface area contributed by atoms with Crippen molar-refractivity contribution in [2.24, 2.45) is 5.92 Å². The number of rotatable bonds is 6. The van der Waals surface area contributed by atoms with E-state index in [0.29, 0.717) is 18.1 Å². The van der Waals surface area contributed by atoms with Crippen LogP contribution in [0.1, 0.15) is 36.5 Å². The summed E-state index contributed by atoms with van der Waals surface area (Å²) in [6.45, 7) is 4.45. The average molecular weight is 277 g/mol. The largest absolute Gasteiger partial charge is 0.494 e. The monoisotopic (exact) mass is 277 g/mol. The molecule has 2 rings (SSSR count). The Morgan fingerprint density at radius 1 is 1.50 bits per heavy atom. The van der Waals surface area contributed by atoms with Crippen molar-refractivity contribution in [2.75, 3.05) is 26.3 Å². The van der Waals surface area contributed by atoms with Gasteiger partial charge in [-0.2, -0.15) is 0 Å². The number of hydrogen-bond acceptors (Lipinski definition) is 3. The topological polar surface area (TPSA) is 49.8 Å². The SMILES string of the molecule is CCCOc1cccc(C(=O)N2CCC(CCO)C2)c1. The van der Waals surface area contributed by atoms with E-state index in [1.807, 2.05) is 29.2 Å². The highest BCUT2D eigenvalue weighted by molar-refractivity contribution is 5.94. The summed E-state index contributed by atoms with van der Waals surface area (Å²) in [4.78, 5) is 14.3. The number of benzene rings is 1. The fourth-order valence-electron chi connectivity index (χ4n) is 2.56. The maximum absolute atomic E-state index is 12.4. The highest BCUT2D eigenvalue weighted by atomic mass is 16.5. The first-order valence-electron chi connectivity index (χ1n) is 7.37. The molecule has 0 spiro atoms. The van der Waals surface area contributed by atoms with Crippen LogP contribution in [0.2, 0.25) is 0 Å². The van der Waals surface area contributed by atoms with E-state index in [1.54, 1.807) is 0 Å². The van der Waals surface area contributed by atoms with Crippen LogP contribution in [-0.2, 0) is 0 Å². The van der Waals surface area contributed by atoms with Crippen molar-refractivity contribution in [2.45, 2.75) is 26.2 Å². The zero-order chi connectivity index (χ0) is 14.4. The molecule has 0 aliphatic carbocycles. The second-order valence-corrected chi connectivity index (χ2v) is 5.29. The molecule has 110 valence electrons. The Kier molecular flexibility index (Phi) is 5.41. The summed E-state index contributed by atoms with van der Waals surface area (Å²) in [5, 5.41) is 8.97. The first-order chi connectivity index (χ1) is 9.74. The molecule has 1 amide bonds. The molecule has 1 unspecified atom stereocenters. The van der Waals surface area contributed by atoms with Gasteiger partial charge in [-0.15, -0.1) is 0 Å². The summed E-state index contributed by atoms with van der Waals surface area (Å²) in [6, 6.07) is 7.39. The molecule has 4 nitrogen and oxygen atoms in total. The van der Waals surface area contributed by atoms with Gasteiger partial charge >= 0.3 is 0 Å². The lowest BCUT2D eigenvalue weighted by atomic mass is 10.1. The van der Waals surface area contributed by atoms with Gasteiger partial charge in [0.05, 0.1) is 6.61 Å². The van der Waals surface area contributed by atoms with E-state index in [-0.39, 0.29) is 12.5 Å². The highest BCUT2D eigenvalue weighted by Gasteiger charge is 2.26. The Balaban J connectivity index is 1.98. The molecule has 1 N–H and O–H groups in total. The maximum atomic E-state index is 12.4. The number of aliphatic hydroxyl groups is 1. The number of aliphatic hydroxyl groups excluding tert-OH is 1. The van der Waals surface area contributed by atoms with Gasteiger partial charge in [0.1, 0.15) is 5.75 Å². The van der Waals surface area contributed by atoms with Crippen LogP contribution < -0.4 is 4.74 Å². The zero-order valence-corrected chi connectivity index (χ0v) is 12.0. The van der Waals surface area contributed by atoms with E-state index in [1.165, 1.54) is 0 Å². The van der Waals surface area contributed by atoms with Gasteiger partial charge in [0, 0.05) is 25.3 Å². The molecule has 1 aliphatic rings. The minimum atomic E-state index is 0.0624. The molecule has 1 aliphatic heterocycles. The van der Waals surface area contributed by atoms with Crippen LogP contribution in [0.15, 0.2) is 24.3 Å². The third-order valence-electron chi connectivity index (χ3n) is 3.66. The van der Waals surface area contributed by atoms with Gasteiger partial charge in [-0.3, -0.25) is 4.79 Å². The van der Waals surface area contributed by atoms with Crippen LogP contribution in [-0.4, -0.2) is 42.2 Å². The summed E-state index contributed by atoms with van der Waals surface area (Å²) in [5.74, 6) is 1.25. The van der Waals surface area contributed by atoms with Crippen molar-refractivity contribution in [3.05, 3.63) is 29.8 Å². The van der Waals surface area contributed by atoms with Gasteiger partial charge in [-0.1, -0.05) is 13.0 Å². The van der Waals surface area contributed by atoms with Crippen LogP contribution in [0.3, 0.4) is 0 Å². The summed E-state index contributed by atoms with van der Waals surface area (Å²) < 4.78 is 5.56. The van der Waals surface area contributed by atoms with Crippen molar-refractivity contribution >= 4 is 5.91 Å². The van der Waals surface area contributed by atoms with Crippen molar-refractivity contribution in [1.82, 2.24) is 4.90 Å². The predicted octanol–water partition coefficient (Wildman–Crippen LogP) is 2.32. The number of hydrogen-bond donors (Lipinski definition) is 1. The van der Waals surface area contributed by atoms with Crippen molar-refractivity contribution in [1.29, 1.82) is 0 Å². The normalized spacial score (nSPS) is 18.3. The summed E-state index contributed by atoms with van der Waals surface area (Å²) in [7, 11) is 0. The molecule has 1 saturated heterocycles. The van der Waals surface area contributed by atoms with Gasteiger partial charge in [0.15, 0.2) is 0 Å². The molecule has 1 fully saturated rings. The quantitative estimate of drug-likeness (QED) is 0.868. The van der Waals surface area contributed by atoms with Crippen LogP contribution in [0.5, 0.6) is 5.75 Å². The van der Waals surface area contributed by atoms with Crippen molar-refractivity contribution in [3.63, 3.8) is 0 Å². The summed E-state index contributed by atoms with van der Waals surface area (Å²) in [5.41, 5.74) is 0.684. The van der Waals surface area contributed by atoms with E-state index in [9.17, 15) is 4.79 Å². The van der Waals surface area contributed by atoms with Gasteiger partial charge in [0.25, 0.3) is 5.91 Å². The van der Waals surface area contributed by atoms with E-state index in [4.69, 9.17) is 9.84 Å². The Bertz CT molecular complexity index is 447. The van der Waals surface area contributed by atoms with Gasteiger partial charge < -0.3 is 14.7 Å². The molecule has 1 aromatic carbocycles. The average Bonchev–Trinajstić information content (AvgIpc) is 2.93. The first kappa shape index (κ1) is 14.9. The zero-order valence-electron chi connectivity index (χ0n) is 12.0. The van der Waals surface area contributed by atoms with Crippen LogP contribution in [0.25, 0.3) is 0 Å². The standard InChI is InChI=1S/C16H23NO3/c1-2-10-20-15-5-3-4-14(11-15)16(19)17-8-6-13(12-17)7-9-18/h3-5,11,13,18H,2,6-10,12H2,1H3. The number of nitrogens with zero attached hydrogens (tertiary/aromatic N) is 1. The van der Waals surface area contributed by atoms with Crippen LogP contribution in [0.4, 0.5) is 0 Å². The predicted molar refractivity (Wildman–Crippen MR) is 77.9 cm³/mol. The minimum Gasteiger partial charge on any atom is -0.494 e. The molecule has 1 heterocycles. The third-order valence-corrected chi connectivity index (χ3v) is 3.66. The highest BCUT2D eigenvalue weighted by Crippen LogP contribution is 2.22. The fraction of sp³-hybridized carbons (Fsp3) is 0.562. The van der Waals surface area contributed by atoms with E-state index in [0.717, 1.165) is 38.1 Å². The molecule has 0 radical (unpaired) electrons. The summed E-state index contributed by atoms with van der Waals surface area (Å²) >= 11 is 0. The van der Waals surface area contributed by atoms with E-state index < -0.39 is 0 Å².